The van der Waals surface area contributed by atoms with Crippen molar-refractivity contribution in [3.05, 3.63) is 5.82 Å². The molecule has 1 N–H and O–H groups in total. The zero-order valence-corrected chi connectivity index (χ0v) is 12.6. The van der Waals surface area contributed by atoms with Crippen molar-refractivity contribution in [2.45, 2.75) is 64.5 Å². The molecule has 1 heterocycles. The Kier molecular flexibility index (Phi) is 3.92. The molecule has 0 aromatic carbocycles. The summed E-state index contributed by atoms with van der Waals surface area (Å²) in [7, 11) is 0. The number of anilines is 1. The van der Waals surface area contributed by atoms with E-state index in [4.69, 9.17) is 4.74 Å². The second-order valence-electron chi connectivity index (χ2n) is 5.93. The quantitative estimate of drug-likeness (QED) is 0.908. The van der Waals surface area contributed by atoms with Crippen molar-refractivity contribution in [2.24, 2.45) is 0 Å². The topological polar surface area (TPSA) is 47.0 Å². The van der Waals surface area contributed by atoms with E-state index < -0.39 is 0 Å². The van der Waals surface area contributed by atoms with Crippen molar-refractivity contribution in [1.82, 2.24) is 9.36 Å². The van der Waals surface area contributed by atoms with E-state index in [-0.39, 0.29) is 11.1 Å². The predicted molar refractivity (Wildman–Crippen MR) is 75.1 cm³/mol. The molecule has 0 atom stereocenters. The maximum Gasteiger partial charge on any atom is 0.203 e. The van der Waals surface area contributed by atoms with E-state index in [1.165, 1.54) is 24.4 Å². The fraction of sp³-hybridized carbons (Fsp3) is 0.846. The van der Waals surface area contributed by atoms with Gasteiger partial charge in [0.05, 0.1) is 0 Å². The number of hydrogen-bond acceptors (Lipinski definition) is 5. The molecule has 0 spiro atoms. The van der Waals surface area contributed by atoms with Crippen LogP contribution >= 0.6 is 11.5 Å². The zero-order valence-electron chi connectivity index (χ0n) is 11.7. The van der Waals surface area contributed by atoms with Gasteiger partial charge in [-0.15, -0.1) is 0 Å². The molecule has 0 amide bonds. The molecule has 102 valence electrons. The van der Waals surface area contributed by atoms with Gasteiger partial charge in [0.2, 0.25) is 5.13 Å². The van der Waals surface area contributed by atoms with Crippen LogP contribution < -0.4 is 5.32 Å². The monoisotopic (exact) mass is 269 g/mol. The predicted octanol–water partition coefficient (Wildman–Crippen LogP) is 3.55. The Morgan fingerprint density at radius 1 is 1.33 bits per heavy atom. The lowest BCUT2D eigenvalue weighted by Gasteiger charge is -2.25. The van der Waals surface area contributed by atoms with Crippen LogP contribution in [-0.2, 0) is 10.3 Å². The van der Waals surface area contributed by atoms with Crippen LogP contribution in [0.25, 0.3) is 0 Å². The molecule has 1 fully saturated rings. The molecule has 1 aromatic heterocycles. The van der Waals surface area contributed by atoms with Gasteiger partial charge in [-0.05, 0) is 53.4 Å². The maximum absolute atomic E-state index is 5.97. The van der Waals surface area contributed by atoms with Crippen molar-refractivity contribution in [3.63, 3.8) is 0 Å². The summed E-state index contributed by atoms with van der Waals surface area (Å²) >= 11 is 1.44. The average molecular weight is 269 g/mol. The van der Waals surface area contributed by atoms with Crippen molar-refractivity contribution >= 4 is 16.7 Å². The minimum Gasteiger partial charge on any atom is -0.367 e. The number of aromatic nitrogens is 2. The lowest BCUT2D eigenvalue weighted by Crippen LogP contribution is -2.28. The lowest BCUT2D eigenvalue weighted by molar-refractivity contribution is -0.0448. The van der Waals surface area contributed by atoms with Crippen LogP contribution in [-0.4, -0.2) is 21.5 Å². The summed E-state index contributed by atoms with van der Waals surface area (Å²) < 4.78 is 10.5. The molecule has 0 bridgehead atoms. The van der Waals surface area contributed by atoms with Gasteiger partial charge in [-0.3, -0.25) is 0 Å². The van der Waals surface area contributed by atoms with Crippen LogP contribution in [0.3, 0.4) is 0 Å². The molecule has 18 heavy (non-hydrogen) atoms. The highest BCUT2D eigenvalue weighted by Crippen LogP contribution is 2.41. The van der Waals surface area contributed by atoms with Gasteiger partial charge in [-0.1, -0.05) is 0 Å². The van der Waals surface area contributed by atoms with Crippen LogP contribution in [0.2, 0.25) is 0 Å². The molecular formula is C13H23N3OS. The van der Waals surface area contributed by atoms with Crippen molar-refractivity contribution in [1.29, 1.82) is 0 Å². The largest absolute Gasteiger partial charge is 0.367 e. The van der Waals surface area contributed by atoms with Crippen LogP contribution in [0.15, 0.2) is 0 Å². The molecule has 1 aliphatic carbocycles. The summed E-state index contributed by atoms with van der Waals surface area (Å²) in [6.07, 6.45) is 4.52. The summed E-state index contributed by atoms with van der Waals surface area (Å²) in [4.78, 5) is 4.64. The molecular weight excluding hydrogens is 246 g/mol. The van der Waals surface area contributed by atoms with Gasteiger partial charge in [-0.2, -0.15) is 4.37 Å². The molecule has 2 rings (SSSR count). The van der Waals surface area contributed by atoms with Crippen molar-refractivity contribution in [2.75, 3.05) is 11.9 Å². The average Bonchev–Trinajstić information content (AvgIpc) is 2.85. The Labute approximate surface area is 113 Å². The number of nitrogens with zero attached hydrogens (tertiary/aromatic N) is 2. The fourth-order valence-corrected chi connectivity index (χ4v) is 3.29. The van der Waals surface area contributed by atoms with E-state index in [2.05, 4.69) is 35.4 Å². The second-order valence-corrected chi connectivity index (χ2v) is 6.68. The number of nitrogens with one attached hydrogen (secondary N) is 1. The summed E-state index contributed by atoms with van der Waals surface area (Å²) in [5.74, 6) is 0.874. The summed E-state index contributed by atoms with van der Waals surface area (Å²) in [5, 5.41) is 4.27. The third-order valence-corrected chi connectivity index (χ3v) is 3.78. The first-order valence-electron chi connectivity index (χ1n) is 6.71. The van der Waals surface area contributed by atoms with Gasteiger partial charge in [0.1, 0.15) is 5.60 Å². The summed E-state index contributed by atoms with van der Waals surface area (Å²) in [6, 6.07) is 0. The van der Waals surface area contributed by atoms with Gasteiger partial charge in [0, 0.05) is 23.7 Å². The number of rotatable bonds is 4. The van der Waals surface area contributed by atoms with E-state index in [1.807, 2.05) is 6.92 Å². The highest BCUT2D eigenvalue weighted by molar-refractivity contribution is 7.09. The third kappa shape index (κ3) is 3.01. The molecule has 4 nitrogen and oxygen atoms in total. The standard InChI is InChI=1S/C13H23N3OS/c1-5-17-13(8-6-7-9-13)10-14-11(18-16-10)15-12(2,3)4/h5-9H2,1-4H3,(H,14,15,16). The molecule has 0 radical (unpaired) electrons. The Balaban J connectivity index is 2.17. The van der Waals surface area contributed by atoms with Crippen molar-refractivity contribution in [3.8, 4) is 0 Å². The van der Waals surface area contributed by atoms with Gasteiger partial charge in [-0.25, -0.2) is 4.98 Å². The van der Waals surface area contributed by atoms with Crippen molar-refractivity contribution < 1.29 is 4.74 Å². The van der Waals surface area contributed by atoms with E-state index in [1.54, 1.807) is 0 Å². The van der Waals surface area contributed by atoms with Gasteiger partial charge in [0.25, 0.3) is 0 Å². The van der Waals surface area contributed by atoms with Gasteiger partial charge >= 0.3 is 0 Å². The molecule has 5 heteroatoms. The Morgan fingerprint density at radius 2 is 2.00 bits per heavy atom. The van der Waals surface area contributed by atoms with Gasteiger partial charge < -0.3 is 10.1 Å². The SMILES string of the molecule is CCOC1(c2nsc(NC(C)(C)C)n2)CCCC1. The summed E-state index contributed by atoms with van der Waals surface area (Å²) in [6.45, 7) is 9.15. The van der Waals surface area contributed by atoms with Crippen LogP contribution in [0.4, 0.5) is 5.13 Å². The Morgan fingerprint density at radius 3 is 2.56 bits per heavy atom. The van der Waals surface area contributed by atoms with Crippen LogP contribution in [0.5, 0.6) is 0 Å². The molecule has 0 unspecified atom stereocenters. The number of ether oxygens (including phenoxy) is 1. The molecule has 1 aliphatic rings. The maximum atomic E-state index is 5.97. The van der Waals surface area contributed by atoms with Crippen LogP contribution in [0.1, 0.15) is 59.2 Å². The fourth-order valence-electron chi connectivity index (χ4n) is 2.44. The van der Waals surface area contributed by atoms with E-state index in [0.717, 1.165) is 30.4 Å². The smallest absolute Gasteiger partial charge is 0.203 e. The van der Waals surface area contributed by atoms with Gasteiger partial charge in [0.15, 0.2) is 5.82 Å². The first-order valence-corrected chi connectivity index (χ1v) is 7.49. The third-order valence-electron chi connectivity index (χ3n) is 3.15. The highest BCUT2D eigenvalue weighted by atomic mass is 32.1. The molecule has 1 saturated carbocycles. The molecule has 0 aliphatic heterocycles. The first kappa shape index (κ1) is 13.7. The van der Waals surface area contributed by atoms with Crippen LogP contribution in [0, 0.1) is 0 Å². The highest BCUT2D eigenvalue weighted by Gasteiger charge is 2.40. The molecule has 0 saturated heterocycles. The minimum atomic E-state index is -0.219. The second kappa shape index (κ2) is 5.13. The minimum absolute atomic E-state index is 0.0191. The number of hydrogen-bond donors (Lipinski definition) is 1. The van der Waals surface area contributed by atoms with E-state index in [0.29, 0.717) is 0 Å². The summed E-state index contributed by atoms with van der Waals surface area (Å²) in [5.41, 5.74) is -0.200. The van der Waals surface area contributed by atoms with E-state index >= 15 is 0 Å². The lowest BCUT2D eigenvalue weighted by atomic mass is 10.0. The Bertz CT molecular complexity index is 391. The first-order chi connectivity index (χ1) is 8.45. The normalized spacial score (nSPS) is 19.1. The molecule has 1 aromatic rings. The van der Waals surface area contributed by atoms with E-state index in [9.17, 15) is 0 Å². The Hall–Kier alpha value is -0.680. The zero-order chi connectivity index (χ0) is 13.2.